The van der Waals surface area contributed by atoms with Crippen LogP contribution in [0.15, 0.2) is 4.99 Å². The first-order chi connectivity index (χ1) is 6.99. The van der Waals surface area contributed by atoms with Crippen LogP contribution in [0.5, 0.6) is 0 Å². The van der Waals surface area contributed by atoms with E-state index in [0.29, 0.717) is 5.92 Å². The number of hydrogen-bond acceptors (Lipinski definition) is 2. The summed E-state index contributed by atoms with van der Waals surface area (Å²) in [6.07, 6.45) is 1.18. The first-order valence-electron chi connectivity index (χ1n) is 5.07. The van der Waals surface area contributed by atoms with Gasteiger partial charge in [-0.1, -0.05) is 0 Å². The summed E-state index contributed by atoms with van der Waals surface area (Å²) in [6, 6.07) is 0. The highest BCUT2D eigenvalue weighted by Crippen LogP contribution is 2.15. The van der Waals surface area contributed by atoms with Crippen LogP contribution in [0.1, 0.15) is 6.42 Å². The molecule has 0 spiro atoms. The van der Waals surface area contributed by atoms with Gasteiger partial charge in [-0.15, -0.1) is 0 Å². The van der Waals surface area contributed by atoms with Gasteiger partial charge in [-0.25, -0.2) is 0 Å². The van der Waals surface area contributed by atoms with Crippen molar-refractivity contribution in [3.8, 4) is 0 Å². The van der Waals surface area contributed by atoms with Crippen LogP contribution >= 0.6 is 0 Å². The van der Waals surface area contributed by atoms with Crippen LogP contribution in [0.4, 0.5) is 0 Å². The Morgan fingerprint density at radius 2 is 2.27 bits per heavy atom. The number of nitrogens with one attached hydrogen (secondary N) is 1. The van der Waals surface area contributed by atoms with Gasteiger partial charge in [-0.3, -0.25) is 5.41 Å². The monoisotopic (exact) mass is 212 g/mol. The highest BCUT2D eigenvalue weighted by atomic mass is 15.3. The normalized spacial score (nSPS) is 21.3. The minimum absolute atomic E-state index is 0.0598. The van der Waals surface area contributed by atoms with Gasteiger partial charge >= 0.3 is 0 Å². The maximum Gasteiger partial charge on any atom is 0.220 e. The highest BCUT2D eigenvalue weighted by molar-refractivity contribution is 5.91. The standard InChI is InChI=1S/C9H20N6/c1-14-4-3-7(5-14)6-15(2)9(12)13-8(10)11/h7H,3-6H2,1-2H3,(H5,10,11,12,13). The zero-order valence-electron chi connectivity index (χ0n) is 9.40. The minimum Gasteiger partial charge on any atom is -0.370 e. The van der Waals surface area contributed by atoms with Gasteiger partial charge < -0.3 is 21.3 Å². The Kier molecular flexibility index (Phi) is 3.90. The summed E-state index contributed by atoms with van der Waals surface area (Å²) in [5.41, 5.74) is 10.4. The number of guanidine groups is 2. The lowest BCUT2D eigenvalue weighted by atomic mass is 10.1. The fraction of sp³-hybridized carbons (Fsp3) is 0.778. The summed E-state index contributed by atoms with van der Waals surface area (Å²) in [4.78, 5) is 7.78. The molecule has 1 aliphatic heterocycles. The van der Waals surface area contributed by atoms with E-state index in [-0.39, 0.29) is 11.9 Å². The van der Waals surface area contributed by atoms with Crippen molar-refractivity contribution in [2.24, 2.45) is 22.4 Å². The molecule has 0 aromatic rings. The van der Waals surface area contributed by atoms with Crippen LogP contribution in [-0.2, 0) is 0 Å². The van der Waals surface area contributed by atoms with Crippen molar-refractivity contribution in [1.29, 1.82) is 5.41 Å². The van der Waals surface area contributed by atoms with Gasteiger partial charge in [0.25, 0.3) is 0 Å². The smallest absolute Gasteiger partial charge is 0.220 e. The lowest BCUT2D eigenvalue weighted by Gasteiger charge is -2.20. The first kappa shape index (κ1) is 11.8. The van der Waals surface area contributed by atoms with Gasteiger partial charge in [0.1, 0.15) is 0 Å². The molecule has 6 heteroatoms. The van der Waals surface area contributed by atoms with E-state index < -0.39 is 0 Å². The van der Waals surface area contributed by atoms with Gasteiger partial charge in [0.05, 0.1) is 0 Å². The van der Waals surface area contributed by atoms with E-state index in [2.05, 4.69) is 16.9 Å². The van der Waals surface area contributed by atoms with Gasteiger partial charge in [0.2, 0.25) is 5.96 Å². The molecule has 1 heterocycles. The first-order valence-corrected chi connectivity index (χ1v) is 5.07. The molecule has 1 aliphatic rings. The molecule has 0 bridgehead atoms. The summed E-state index contributed by atoms with van der Waals surface area (Å²) in [6.45, 7) is 3.05. The summed E-state index contributed by atoms with van der Waals surface area (Å²) in [5.74, 6) is 0.675. The van der Waals surface area contributed by atoms with E-state index >= 15 is 0 Å². The number of nitrogens with two attached hydrogens (primary N) is 2. The quantitative estimate of drug-likeness (QED) is 0.407. The van der Waals surface area contributed by atoms with Crippen molar-refractivity contribution in [1.82, 2.24) is 9.80 Å². The van der Waals surface area contributed by atoms with Crippen LogP contribution in [0.2, 0.25) is 0 Å². The second-order valence-electron chi connectivity index (χ2n) is 4.16. The van der Waals surface area contributed by atoms with E-state index in [9.17, 15) is 0 Å². The van der Waals surface area contributed by atoms with Crippen molar-refractivity contribution in [3.63, 3.8) is 0 Å². The SMILES string of the molecule is CN1CCC(CN(C)C(=N)N=C(N)N)C1. The Morgan fingerprint density at radius 3 is 2.73 bits per heavy atom. The molecule has 1 saturated heterocycles. The van der Waals surface area contributed by atoms with Crippen LogP contribution < -0.4 is 11.5 Å². The summed E-state index contributed by atoms with van der Waals surface area (Å²) >= 11 is 0. The summed E-state index contributed by atoms with van der Waals surface area (Å²) < 4.78 is 0. The van der Waals surface area contributed by atoms with E-state index in [1.807, 2.05) is 7.05 Å². The number of hydrogen-bond donors (Lipinski definition) is 3. The largest absolute Gasteiger partial charge is 0.370 e. The average Bonchev–Trinajstić information content (AvgIpc) is 2.50. The van der Waals surface area contributed by atoms with E-state index in [4.69, 9.17) is 16.9 Å². The van der Waals surface area contributed by atoms with Crippen molar-refractivity contribution >= 4 is 11.9 Å². The molecule has 1 rings (SSSR count). The zero-order chi connectivity index (χ0) is 11.4. The number of aliphatic imine (C=N–C) groups is 1. The fourth-order valence-corrected chi connectivity index (χ4v) is 1.86. The van der Waals surface area contributed by atoms with Crippen molar-refractivity contribution < 1.29 is 0 Å². The van der Waals surface area contributed by atoms with Gasteiger partial charge in [-0.05, 0) is 25.9 Å². The predicted octanol–water partition coefficient (Wildman–Crippen LogP) is -0.922. The molecule has 0 aliphatic carbocycles. The third-order valence-corrected chi connectivity index (χ3v) is 2.62. The molecule has 86 valence electrons. The van der Waals surface area contributed by atoms with Crippen LogP contribution in [0.25, 0.3) is 0 Å². The molecule has 1 fully saturated rings. The zero-order valence-corrected chi connectivity index (χ0v) is 9.40. The maximum absolute atomic E-state index is 7.60. The number of likely N-dealkylation sites (tertiary alicyclic amines) is 1. The lowest BCUT2D eigenvalue weighted by Crippen LogP contribution is -2.34. The van der Waals surface area contributed by atoms with Crippen LogP contribution in [0, 0.1) is 11.3 Å². The van der Waals surface area contributed by atoms with E-state index in [1.54, 1.807) is 4.90 Å². The molecule has 15 heavy (non-hydrogen) atoms. The Morgan fingerprint density at radius 1 is 1.60 bits per heavy atom. The highest BCUT2D eigenvalue weighted by Gasteiger charge is 2.21. The van der Waals surface area contributed by atoms with Crippen molar-refractivity contribution in [2.45, 2.75) is 6.42 Å². The van der Waals surface area contributed by atoms with Gasteiger partial charge in [0.15, 0.2) is 5.96 Å². The molecule has 5 N–H and O–H groups in total. The average molecular weight is 212 g/mol. The third-order valence-electron chi connectivity index (χ3n) is 2.62. The van der Waals surface area contributed by atoms with Crippen LogP contribution in [-0.4, -0.2) is 55.4 Å². The molecular weight excluding hydrogens is 192 g/mol. The molecule has 0 radical (unpaired) electrons. The summed E-state index contributed by atoms with van der Waals surface area (Å²) in [7, 11) is 3.95. The lowest BCUT2D eigenvalue weighted by molar-refractivity contribution is 0.353. The van der Waals surface area contributed by atoms with Gasteiger partial charge in [0, 0.05) is 20.1 Å². The van der Waals surface area contributed by atoms with E-state index in [1.165, 1.54) is 6.42 Å². The summed E-state index contributed by atoms with van der Waals surface area (Å²) in [5, 5.41) is 7.60. The fourth-order valence-electron chi connectivity index (χ4n) is 1.86. The molecule has 0 aromatic heterocycles. The Balaban J connectivity index is 2.38. The molecule has 1 atom stereocenters. The van der Waals surface area contributed by atoms with Gasteiger partial charge in [-0.2, -0.15) is 4.99 Å². The second kappa shape index (κ2) is 4.97. The minimum atomic E-state index is -0.0598. The molecule has 0 amide bonds. The Hall–Kier alpha value is -1.30. The molecule has 6 nitrogen and oxygen atoms in total. The van der Waals surface area contributed by atoms with Crippen molar-refractivity contribution in [2.75, 3.05) is 33.7 Å². The Bertz CT molecular complexity index is 257. The predicted molar refractivity (Wildman–Crippen MR) is 61.8 cm³/mol. The van der Waals surface area contributed by atoms with E-state index in [0.717, 1.165) is 19.6 Å². The number of rotatable bonds is 2. The molecule has 1 unspecified atom stereocenters. The number of nitrogens with zero attached hydrogens (tertiary/aromatic N) is 3. The Labute approximate surface area is 90.4 Å². The molecule has 0 saturated carbocycles. The molecular formula is C9H20N6. The topological polar surface area (TPSA) is 94.7 Å². The van der Waals surface area contributed by atoms with Crippen LogP contribution in [0.3, 0.4) is 0 Å². The second-order valence-corrected chi connectivity index (χ2v) is 4.16. The third kappa shape index (κ3) is 3.75. The van der Waals surface area contributed by atoms with Crippen molar-refractivity contribution in [3.05, 3.63) is 0 Å². The maximum atomic E-state index is 7.60. The molecule has 0 aromatic carbocycles.